The summed E-state index contributed by atoms with van der Waals surface area (Å²) in [7, 11) is 0. The normalized spacial score (nSPS) is 12.4. The van der Waals surface area contributed by atoms with Gasteiger partial charge in [0.1, 0.15) is 5.56 Å². The second-order valence-electron chi connectivity index (χ2n) is 5.51. The summed E-state index contributed by atoms with van der Waals surface area (Å²) < 4.78 is 83.4. The molecule has 0 saturated carbocycles. The van der Waals surface area contributed by atoms with Gasteiger partial charge in [-0.05, 0) is 25.1 Å². The molecule has 0 radical (unpaired) electrons. The Bertz CT molecular complexity index is 1150. The summed E-state index contributed by atoms with van der Waals surface area (Å²) in [6.07, 6.45) is -9.87. The van der Waals surface area contributed by atoms with E-state index < -0.39 is 52.2 Å². The van der Waals surface area contributed by atoms with Crippen LogP contribution in [0.1, 0.15) is 28.5 Å². The van der Waals surface area contributed by atoms with Crippen LogP contribution in [0.3, 0.4) is 0 Å². The molecule has 0 unspecified atom stereocenters. The lowest BCUT2D eigenvalue weighted by atomic mass is 10.2. The Kier molecular flexibility index (Phi) is 4.80. The van der Waals surface area contributed by atoms with Crippen molar-refractivity contribution in [1.29, 1.82) is 0 Å². The van der Waals surface area contributed by atoms with E-state index in [1.807, 2.05) is 0 Å². The number of rotatable bonds is 3. The van der Waals surface area contributed by atoms with E-state index in [1.54, 1.807) is 0 Å². The standard InChI is InChI=1S/C15H9F6N5O3/c1-2-29-12(27)9-10(15(19,20)21)23-26-11(9)22-24-25(13(26)28)8-5-3-4-7(6-8)14(16,17)18/h3-6H,2H2,1H3. The maximum atomic E-state index is 13.3. The molecule has 1 aromatic carbocycles. The van der Waals surface area contributed by atoms with Crippen LogP contribution >= 0.6 is 0 Å². The molecule has 154 valence electrons. The van der Waals surface area contributed by atoms with E-state index in [-0.39, 0.29) is 11.1 Å². The average molecular weight is 421 g/mol. The monoisotopic (exact) mass is 421 g/mol. The second-order valence-corrected chi connectivity index (χ2v) is 5.51. The van der Waals surface area contributed by atoms with Gasteiger partial charge in [-0.15, -0.1) is 5.10 Å². The number of alkyl halides is 6. The SMILES string of the molecule is CCOC(=O)c1c(C(F)(F)F)nn2c(=O)n(-c3cccc(C(F)(F)F)c3)nnc12. The zero-order valence-electron chi connectivity index (χ0n) is 14.2. The van der Waals surface area contributed by atoms with Gasteiger partial charge in [0.05, 0.1) is 17.9 Å². The molecule has 0 bridgehead atoms. The summed E-state index contributed by atoms with van der Waals surface area (Å²) >= 11 is 0. The molecule has 0 saturated heterocycles. The highest BCUT2D eigenvalue weighted by molar-refractivity contribution is 5.97. The molecule has 0 amide bonds. The van der Waals surface area contributed by atoms with Gasteiger partial charge in [0.2, 0.25) is 0 Å². The van der Waals surface area contributed by atoms with E-state index in [0.717, 1.165) is 18.2 Å². The van der Waals surface area contributed by atoms with Crippen LogP contribution in [-0.2, 0) is 17.1 Å². The lowest BCUT2D eigenvalue weighted by Gasteiger charge is -2.09. The molecular formula is C15H9F6N5O3. The summed E-state index contributed by atoms with van der Waals surface area (Å²) in [4.78, 5) is 24.5. The van der Waals surface area contributed by atoms with Crippen molar-refractivity contribution in [3.63, 3.8) is 0 Å². The molecule has 8 nitrogen and oxygen atoms in total. The first-order valence-corrected chi connectivity index (χ1v) is 7.76. The number of carbonyl (C=O) groups excluding carboxylic acids is 1. The maximum Gasteiger partial charge on any atom is 0.436 e. The first-order valence-electron chi connectivity index (χ1n) is 7.76. The first-order chi connectivity index (χ1) is 13.4. The third kappa shape index (κ3) is 3.64. The zero-order valence-corrected chi connectivity index (χ0v) is 14.2. The molecule has 14 heteroatoms. The molecule has 3 aromatic rings. The Morgan fingerprint density at radius 3 is 2.41 bits per heavy atom. The molecular weight excluding hydrogens is 412 g/mol. The van der Waals surface area contributed by atoms with E-state index in [1.165, 1.54) is 6.92 Å². The summed E-state index contributed by atoms with van der Waals surface area (Å²) in [6.45, 7) is 1.09. The van der Waals surface area contributed by atoms with Gasteiger partial charge in [-0.3, -0.25) is 0 Å². The summed E-state index contributed by atoms with van der Waals surface area (Å²) in [5, 5.41) is 9.81. The fraction of sp³-hybridized carbons (Fsp3) is 0.267. The van der Waals surface area contributed by atoms with E-state index in [9.17, 15) is 35.9 Å². The third-order valence-corrected chi connectivity index (χ3v) is 3.62. The van der Waals surface area contributed by atoms with Gasteiger partial charge >= 0.3 is 24.0 Å². The van der Waals surface area contributed by atoms with Crippen LogP contribution in [0, 0.1) is 0 Å². The summed E-state index contributed by atoms with van der Waals surface area (Å²) in [5.74, 6) is -1.43. The Labute approximate surface area is 156 Å². The molecule has 0 fully saturated rings. The third-order valence-electron chi connectivity index (χ3n) is 3.62. The Morgan fingerprint density at radius 2 is 1.83 bits per heavy atom. The Hall–Kier alpha value is -3.45. The van der Waals surface area contributed by atoms with Crippen molar-refractivity contribution in [1.82, 2.24) is 24.6 Å². The van der Waals surface area contributed by atoms with Gasteiger partial charge in [0.15, 0.2) is 11.3 Å². The van der Waals surface area contributed by atoms with Gasteiger partial charge < -0.3 is 4.74 Å². The van der Waals surface area contributed by atoms with Crippen molar-refractivity contribution in [3.05, 3.63) is 51.6 Å². The van der Waals surface area contributed by atoms with Gasteiger partial charge in [-0.25, -0.2) is 9.59 Å². The van der Waals surface area contributed by atoms with Crippen molar-refractivity contribution in [2.75, 3.05) is 6.61 Å². The average Bonchev–Trinajstić information content (AvgIpc) is 3.02. The predicted molar refractivity (Wildman–Crippen MR) is 82.3 cm³/mol. The van der Waals surface area contributed by atoms with Crippen molar-refractivity contribution in [3.8, 4) is 5.69 Å². The number of carbonyl (C=O) groups is 1. The number of esters is 1. The Morgan fingerprint density at radius 1 is 1.14 bits per heavy atom. The smallest absolute Gasteiger partial charge is 0.436 e. The lowest BCUT2D eigenvalue weighted by molar-refractivity contribution is -0.142. The number of halogens is 6. The highest BCUT2D eigenvalue weighted by Crippen LogP contribution is 2.33. The van der Waals surface area contributed by atoms with Crippen LogP contribution < -0.4 is 5.69 Å². The van der Waals surface area contributed by atoms with E-state index in [4.69, 9.17) is 0 Å². The first kappa shape index (κ1) is 20.3. The van der Waals surface area contributed by atoms with Crippen LogP contribution in [0.25, 0.3) is 11.3 Å². The van der Waals surface area contributed by atoms with Crippen molar-refractivity contribution < 1.29 is 35.9 Å². The second kappa shape index (κ2) is 6.86. The minimum absolute atomic E-state index is 0.127. The van der Waals surface area contributed by atoms with Crippen molar-refractivity contribution in [2.24, 2.45) is 0 Å². The lowest BCUT2D eigenvalue weighted by Crippen LogP contribution is -2.30. The van der Waals surface area contributed by atoms with Crippen molar-refractivity contribution in [2.45, 2.75) is 19.3 Å². The van der Waals surface area contributed by atoms with Crippen LogP contribution in [0.4, 0.5) is 26.3 Å². The number of ether oxygens (including phenoxy) is 1. The minimum atomic E-state index is -5.14. The summed E-state index contributed by atoms with van der Waals surface area (Å²) in [6, 6.07) is 3.33. The number of aromatic nitrogens is 5. The number of hydrogen-bond acceptors (Lipinski definition) is 6. The largest absolute Gasteiger partial charge is 0.462 e. The molecule has 0 N–H and O–H groups in total. The molecule has 0 aliphatic heterocycles. The topological polar surface area (TPSA) is 91.4 Å². The zero-order chi connectivity index (χ0) is 21.6. The minimum Gasteiger partial charge on any atom is -0.462 e. The maximum absolute atomic E-state index is 13.3. The van der Waals surface area contributed by atoms with Crippen molar-refractivity contribution >= 4 is 11.6 Å². The van der Waals surface area contributed by atoms with Crippen LogP contribution in [0.2, 0.25) is 0 Å². The van der Waals surface area contributed by atoms with Gasteiger partial charge in [-0.2, -0.15) is 40.6 Å². The van der Waals surface area contributed by atoms with E-state index >= 15 is 0 Å². The van der Waals surface area contributed by atoms with E-state index in [0.29, 0.717) is 10.7 Å². The fourth-order valence-electron chi connectivity index (χ4n) is 2.42. The predicted octanol–water partition coefficient (Wildman–Crippen LogP) is 2.49. The van der Waals surface area contributed by atoms with Crippen LogP contribution in [0.15, 0.2) is 29.1 Å². The number of nitrogens with zero attached hydrogens (tertiary/aromatic N) is 5. The molecule has 2 aromatic heterocycles. The van der Waals surface area contributed by atoms with E-state index in [2.05, 4.69) is 20.1 Å². The fourth-order valence-corrected chi connectivity index (χ4v) is 2.42. The number of benzene rings is 1. The molecule has 29 heavy (non-hydrogen) atoms. The molecule has 0 aliphatic carbocycles. The highest BCUT2D eigenvalue weighted by Gasteiger charge is 2.42. The molecule has 2 heterocycles. The molecule has 0 atom stereocenters. The van der Waals surface area contributed by atoms with Gasteiger partial charge in [0, 0.05) is 0 Å². The Balaban J connectivity index is 2.27. The van der Waals surface area contributed by atoms with Gasteiger partial charge in [-0.1, -0.05) is 11.3 Å². The van der Waals surface area contributed by atoms with Gasteiger partial charge in [0.25, 0.3) is 0 Å². The molecule has 0 aliphatic rings. The highest BCUT2D eigenvalue weighted by atomic mass is 19.4. The molecule has 0 spiro atoms. The quantitative estimate of drug-likeness (QED) is 0.477. The summed E-state index contributed by atoms with van der Waals surface area (Å²) in [5.41, 5.74) is -6.60. The van der Waals surface area contributed by atoms with Crippen LogP contribution in [-0.4, -0.2) is 37.2 Å². The van der Waals surface area contributed by atoms with Crippen LogP contribution in [0.5, 0.6) is 0 Å². The number of fused-ring (bicyclic) bond motifs is 1. The number of hydrogen-bond donors (Lipinski definition) is 0. The molecule has 3 rings (SSSR count).